The summed E-state index contributed by atoms with van der Waals surface area (Å²) in [7, 11) is 0. The molecule has 2 aromatic rings. The number of carbonyl (C=O) groups is 2. The first kappa shape index (κ1) is 19.3. The molecule has 1 saturated carbocycles. The Balaban J connectivity index is 1.61. The number of aryl methyl sites for hydroxylation is 1. The number of para-hydroxylation sites is 1. The van der Waals surface area contributed by atoms with Gasteiger partial charge in [0.2, 0.25) is 0 Å². The first-order valence-corrected chi connectivity index (χ1v) is 9.07. The van der Waals surface area contributed by atoms with Crippen molar-refractivity contribution in [2.45, 2.75) is 32.2 Å². The molecule has 0 bridgehead atoms. The van der Waals surface area contributed by atoms with E-state index in [1.54, 1.807) is 12.1 Å². The fraction of sp³-hybridized carbons (Fsp3) is 0.300. The Labute approximate surface area is 162 Å². The maximum atomic E-state index is 12.2. The second-order valence-electron chi connectivity index (χ2n) is 6.54. The van der Waals surface area contributed by atoms with Crippen molar-refractivity contribution >= 4 is 28.9 Å². The highest BCUT2D eigenvalue weighted by Gasteiger charge is 2.26. The minimum absolute atomic E-state index is 0.0230. The van der Waals surface area contributed by atoms with E-state index in [2.05, 4.69) is 10.6 Å². The van der Waals surface area contributed by atoms with E-state index < -0.39 is 23.4 Å². The number of benzene rings is 2. The van der Waals surface area contributed by atoms with Gasteiger partial charge in [-0.15, -0.1) is 0 Å². The Bertz CT molecular complexity index is 908. The average Bonchev–Trinajstić information content (AvgIpc) is 3.50. The Kier molecular flexibility index (Phi) is 5.88. The van der Waals surface area contributed by atoms with E-state index >= 15 is 0 Å². The van der Waals surface area contributed by atoms with E-state index in [1.165, 1.54) is 12.1 Å². The van der Waals surface area contributed by atoms with E-state index in [0.717, 1.165) is 30.9 Å². The molecule has 1 aliphatic carbocycles. The first-order chi connectivity index (χ1) is 13.5. The number of hydrogen-bond donors (Lipinski definition) is 2. The number of nitro groups is 1. The molecule has 1 amide bonds. The van der Waals surface area contributed by atoms with Gasteiger partial charge in [0.05, 0.1) is 10.5 Å². The van der Waals surface area contributed by atoms with Gasteiger partial charge in [-0.25, -0.2) is 4.79 Å². The highest BCUT2D eigenvalue weighted by molar-refractivity contribution is 5.96. The molecule has 0 aromatic heterocycles. The SMILES string of the molecule is CCc1ccccc1NC(=O)COC(=O)c1ccc(NC2CC2)c([N+](=O)[O-])c1. The van der Waals surface area contributed by atoms with E-state index in [1.807, 2.05) is 19.1 Å². The molecule has 0 spiro atoms. The minimum atomic E-state index is -0.792. The number of amides is 1. The molecule has 28 heavy (non-hydrogen) atoms. The van der Waals surface area contributed by atoms with Gasteiger partial charge in [0.25, 0.3) is 11.6 Å². The number of esters is 1. The zero-order chi connectivity index (χ0) is 20.1. The Morgan fingerprint density at radius 1 is 1.18 bits per heavy atom. The summed E-state index contributed by atoms with van der Waals surface area (Å²) in [6.07, 6.45) is 2.69. The van der Waals surface area contributed by atoms with E-state index in [9.17, 15) is 19.7 Å². The third-order valence-electron chi connectivity index (χ3n) is 4.37. The predicted octanol–water partition coefficient (Wildman–Crippen LogP) is 3.53. The van der Waals surface area contributed by atoms with Gasteiger partial charge in [0.1, 0.15) is 5.69 Å². The van der Waals surface area contributed by atoms with Crippen LogP contribution in [0.15, 0.2) is 42.5 Å². The number of rotatable bonds is 8. The maximum absolute atomic E-state index is 12.2. The van der Waals surface area contributed by atoms with Crippen LogP contribution in [0.3, 0.4) is 0 Å². The molecule has 146 valence electrons. The Hall–Kier alpha value is -3.42. The molecule has 0 aliphatic heterocycles. The van der Waals surface area contributed by atoms with Crippen molar-refractivity contribution < 1.29 is 19.2 Å². The lowest BCUT2D eigenvalue weighted by Gasteiger charge is -2.10. The van der Waals surface area contributed by atoms with Crippen molar-refractivity contribution in [1.29, 1.82) is 0 Å². The van der Waals surface area contributed by atoms with E-state index in [0.29, 0.717) is 11.4 Å². The van der Waals surface area contributed by atoms with Crippen LogP contribution in [0.4, 0.5) is 17.1 Å². The zero-order valence-electron chi connectivity index (χ0n) is 15.4. The molecule has 0 heterocycles. The number of nitro benzene ring substituents is 1. The van der Waals surface area contributed by atoms with Gasteiger partial charge >= 0.3 is 5.97 Å². The third kappa shape index (κ3) is 4.85. The van der Waals surface area contributed by atoms with Gasteiger partial charge in [-0.05, 0) is 43.0 Å². The lowest BCUT2D eigenvalue weighted by atomic mass is 10.1. The quantitative estimate of drug-likeness (QED) is 0.410. The molecule has 3 rings (SSSR count). The van der Waals surface area contributed by atoms with Gasteiger partial charge in [0.15, 0.2) is 6.61 Å². The van der Waals surface area contributed by atoms with Crippen LogP contribution >= 0.6 is 0 Å². The summed E-state index contributed by atoms with van der Waals surface area (Å²) < 4.78 is 5.01. The van der Waals surface area contributed by atoms with E-state index in [4.69, 9.17) is 4.74 Å². The van der Waals surface area contributed by atoms with Crippen LogP contribution in [0, 0.1) is 10.1 Å². The number of nitrogens with zero attached hydrogens (tertiary/aromatic N) is 1. The molecule has 0 radical (unpaired) electrons. The smallest absolute Gasteiger partial charge is 0.338 e. The highest BCUT2D eigenvalue weighted by atomic mass is 16.6. The molecule has 0 saturated heterocycles. The molecular weight excluding hydrogens is 362 g/mol. The van der Waals surface area contributed by atoms with Crippen LogP contribution in [0.2, 0.25) is 0 Å². The van der Waals surface area contributed by atoms with Crippen LogP contribution in [-0.2, 0) is 16.0 Å². The normalized spacial score (nSPS) is 12.9. The Morgan fingerprint density at radius 2 is 1.93 bits per heavy atom. The summed E-state index contributed by atoms with van der Waals surface area (Å²) in [6, 6.07) is 11.7. The Morgan fingerprint density at radius 3 is 2.61 bits per heavy atom. The summed E-state index contributed by atoms with van der Waals surface area (Å²) in [5.74, 6) is -1.27. The van der Waals surface area contributed by atoms with Gasteiger partial charge in [-0.2, -0.15) is 0 Å². The highest BCUT2D eigenvalue weighted by Crippen LogP contribution is 2.31. The topological polar surface area (TPSA) is 111 Å². The fourth-order valence-corrected chi connectivity index (χ4v) is 2.73. The number of anilines is 2. The third-order valence-corrected chi connectivity index (χ3v) is 4.37. The second kappa shape index (κ2) is 8.51. The number of carbonyl (C=O) groups excluding carboxylic acids is 2. The monoisotopic (exact) mass is 383 g/mol. The molecule has 2 N–H and O–H groups in total. The standard InChI is InChI=1S/C20H21N3O5/c1-2-13-5-3-4-6-16(13)22-19(24)12-28-20(25)14-7-10-17(21-15-8-9-15)18(11-14)23(26)27/h3-7,10-11,15,21H,2,8-9,12H2,1H3,(H,22,24). The van der Waals surface area contributed by atoms with E-state index in [-0.39, 0.29) is 17.3 Å². The van der Waals surface area contributed by atoms with Crippen LogP contribution in [0.5, 0.6) is 0 Å². The predicted molar refractivity (Wildman–Crippen MR) is 104 cm³/mol. The minimum Gasteiger partial charge on any atom is -0.452 e. The molecule has 0 unspecified atom stereocenters. The van der Waals surface area contributed by atoms with Gasteiger partial charge in [-0.3, -0.25) is 14.9 Å². The number of nitrogens with one attached hydrogen (secondary N) is 2. The molecule has 8 nitrogen and oxygen atoms in total. The fourth-order valence-electron chi connectivity index (χ4n) is 2.73. The summed E-state index contributed by atoms with van der Waals surface area (Å²) in [6.45, 7) is 1.49. The van der Waals surface area contributed by atoms with Gasteiger partial charge in [0, 0.05) is 17.8 Å². The lowest BCUT2D eigenvalue weighted by Crippen LogP contribution is -2.21. The zero-order valence-corrected chi connectivity index (χ0v) is 15.4. The summed E-state index contributed by atoms with van der Waals surface area (Å²) in [4.78, 5) is 35.0. The first-order valence-electron chi connectivity index (χ1n) is 9.07. The molecular formula is C20H21N3O5. The summed E-state index contributed by atoms with van der Waals surface area (Å²) in [5, 5.41) is 17.0. The van der Waals surface area contributed by atoms with Crippen molar-refractivity contribution in [3.63, 3.8) is 0 Å². The van der Waals surface area contributed by atoms with Crippen LogP contribution in [0.1, 0.15) is 35.7 Å². The maximum Gasteiger partial charge on any atom is 0.338 e. The summed E-state index contributed by atoms with van der Waals surface area (Å²) in [5.41, 5.74) is 1.84. The van der Waals surface area contributed by atoms with Crippen LogP contribution < -0.4 is 10.6 Å². The average molecular weight is 383 g/mol. The van der Waals surface area contributed by atoms with Crippen LogP contribution in [-0.4, -0.2) is 29.4 Å². The van der Waals surface area contributed by atoms with Crippen molar-refractivity contribution in [2.75, 3.05) is 17.2 Å². The number of hydrogen-bond acceptors (Lipinski definition) is 6. The van der Waals surface area contributed by atoms with Crippen LogP contribution in [0.25, 0.3) is 0 Å². The molecule has 1 aliphatic rings. The molecule has 2 aromatic carbocycles. The van der Waals surface area contributed by atoms with Crippen molar-refractivity contribution in [3.8, 4) is 0 Å². The number of ether oxygens (including phenoxy) is 1. The van der Waals surface area contributed by atoms with Crippen molar-refractivity contribution in [2.24, 2.45) is 0 Å². The molecule has 1 fully saturated rings. The van der Waals surface area contributed by atoms with Crippen molar-refractivity contribution in [3.05, 3.63) is 63.7 Å². The second-order valence-corrected chi connectivity index (χ2v) is 6.54. The van der Waals surface area contributed by atoms with Gasteiger partial charge in [-0.1, -0.05) is 25.1 Å². The molecule has 8 heteroatoms. The van der Waals surface area contributed by atoms with Crippen molar-refractivity contribution in [1.82, 2.24) is 0 Å². The largest absolute Gasteiger partial charge is 0.452 e. The summed E-state index contributed by atoms with van der Waals surface area (Å²) >= 11 is 0. The van der Waals surface area contributed by atoms with Gasteiger partial charge < -0.3 is 15.4 Å². The molecule has 0 atom stereocenters. The lowest BCUT2D eigenvalue weighted by molar-refractivity contribution is -0.384.